The monoisotopic (exact) mass is 541 g/mol. The second-order valence-corrected chi connectivity index (χ2v) is 9.79. The minimum atomic E-state index is -0.430. The van der Waals surface area contributed by atoms with E-state index in [1.54, 1.807) is 12.1 Å². The molecule has 3 heterocycles. The zero-order valence-corrected chi connectivity index (χ0v) is 22.9. The largest absolute Gasteiger partial charge is 0.476 e. The number of nitrogens with zero attached hydrogens (tertiary/aromatic N) is 3. The van der Waals surface area contributed by atoms with Crippen molar-refractivity contribution in [3.8, 4) is 29.0 Å². The van der Waals surface area contributed by atoms with Gasteiger partial charge in [0, 0.05) is 62.0 Å². The number of morpholine rings is 2. The number of carbonyl (C=O) groups is 1. The van der Waals surface area contributed by atoms with Crippen LogP contribution in [0.15, 0.2) is 60.7 Å². The number of aromatic nitrogens is 1. The van der Waals surface area contributed by atoms with Crippen LogP contribution in [0.1, 0.15) is 27.0 Å². The molecule has 1 aromatic heterocycles. The van der Waals surface area contributed by atoms with Gasteiger partial charge in [0.1, 0.15) is 6.61 Å². The van der Waals surface area contributed by atoms with Gasteiger partial charge in [0.05, 0.1) is 44.8 Å². The SMILES string of the molecule is COC(=O)c1cc(OCCN2CCOCC2)nc(-c2ccc(C#Cc3ccc(CN4CCOCC4)cc3)cc2)c1. The molecule has 2 aliphatic heterocycles. The van der Waals surface area contributed by atoms with Gasteiger partial charge >= 0.3 is 5.97 Å². The standard InChI is InChI=1S/C32H35N3O5/c1-37-32(36)29-22-30(33-31(23-29)40-21-16-34-12-17-38-18-13-34)28-10-8-26(9-11-28)3-2-25-4-6-27(7-5-25)24-35-14-19-39-20-15-35/h4-11,22-23H,12-21,24H2,1H3. The number of hydrogen-bond donors (Lipinski definition) is 0. The molecule has 0 unspecified atom stereocenters. The molecule has 40 heavy (non-hydrogen) atoms. The maximum absolute atomic E-state index is 12.3. The molecule has 2 fully saturated rings. The first kappa shape index (κ1) is 27.8. The molecule has 2 aliphatic rings. The molecule has 0 radical (unpaired) electrons. The number of ether oxygens (including phenoxy) is 4. The van der Waals surface area contributed by atoms with Crippen molar-refractivity contribution in [1.29, 1.82) is 0 Å². The van der Waals surface area contributed by atoms with Crippen molar-refractivity contribution in [3.63, 3.8) is 0 Å². The topological polar surface area (TPSA) is 73.4 Å². The Labute approximate surface area is 235 Å². The molecule has 8 nitrogen and oxygen atoms in total. The van der Waals surface area contributed by atoms with Crippen molar-refractivity contribution in [2.75, 3.05) is 72.9 Å². The zero-order valence-electron chi connectivity index (χ0n) is 22.9. The van der Waals surface area contributed by atoms with Crippen LogP contribution in [-0.2, 0) is 20.8 Å². The normalized spacial score (nSPS) is 16.1. The lowest BCUT2D eigenvalue weighted by atomic mass is 10.1. The molecule has 2 aromatic carbocycles. The minimum absolute atomic E-state index is 0.395. The number of pyridine rings is 1. The van der Waals surface area contributed by atoms with Crippen LogP contribution < -0.4 is 4.74 Å². The van der Waals surface area contributed by atoms with E-state index >= 15 is 0 Å². The number of benzene rings is 2. The molecule has 0 spiro atoms. The van der Waals surface area contributed by atoms with Crippen LogP contribution in [0.3, 0.4) is 0 Å². The Hall–Kier alpha value is -3.74. The summed E-state index contributed by atoms with van der Waals surface area (Å²) in [5, 5.41) is 0. The maximum Gasteiger partial charge on any atom is 0.338 e. The fraction of sp³-hybridized carbons (Fsp3) is 0.375. The van der Waals surface area contributed by atoms with Crippen molar-refractivity contribution < 1.29 is 23.7 Å². The first-order chi connectivity index (χ1) is 19.7. The van der Waals surface area contributed by atoms with Gasteiger partial charge in [-0.1, -0.05) is 36.1 Å². The number of esters is 1. The van der Waals surface area contributed by atoms with Gasteiger partial charge in [0.2, 0.25) is 5.88 Å². The van der Waals surface area contributed by atoms with Crippen molar-refractivity contribution in [2.24, 2.45) is 0 Å². The Morgan fingerprint density at radius 1 is 0.850 bits per heavy atom. The molecular formula is C32H35N3O5. The molecule has 0 aliphatic carbocycles. The van der Waals surface area contributed by atoms with E-state index in [-0.39, 0.29) is 0 Å². The molecule has 0 bridgehead atoms. The van der Waals surface area contributed by atoms with Gasteiger partial charge < -0.3 is 18.9 Å². The van der Waals surface area contributed by atoms with E-state index in [1.807, 2.05) is 24.3 Å². The van der Waals surface area contributed by atoms with Crippen molar-refractivity contribution >= 4 is 5.97 Å². The Morgan fingerprint density at radius 3 is 2.08 bits per heavy atom. The van der Waals surface area contributed by atoms with Crippen LogP contribution in [0.4, 0.5) is 0 Å². The van der Waals surface area contributed by atoms with Gasteiger partial charge in [-0.2, -0.15) is 0 Å². The number of carbonyl (C=O) groups excluding carboxylic acids is 1. The molecule has 0 atom stereocenters. The Morgan fingerprint density at radius 2 is 1.45 bits per heavy atom. The summed E-state index contributed by atoms with van der Waals surface area (Å²) in [4.78, 5) is 21.7. The summed E-state index contributed by atoms with van der Waals surface area (Å²) in [6, 6.07) is 19.6. The third-order valence-corrected chi connectivity index (χ3v) is 6.98. The van der Waals surface area contributed by atoms with E-state index in [4.69, 9.17) is 18.9 Å². The smallest absolute Gasteiger partial charge is 0.338 e. The summed E-state index contributed by atoms with van der Waals surface area (Å²) in [5.41, 5.74) is 5.05. The second kappa shape index (κ2) is 14.1. The zero-order chi connectivity index (χ0) is 27.6. The predicted octanol–water partition coefficient (Wildman–Crippen LogP) is 3.48. The lowest BCUT2D eigenvalue weighted by Crippen LogP contribution is -2.38. The number of rotatable bonds is 8. The maximum atomic E-state index is 12.3. The van der Waals surface area contributed by atoms with Gasteiger partial charge in [-0.15, -0.1) is 0 Å². The molecule has 208 valence electrons. The van der Waals surface area contributed by atoms with Crippen molar-refractivity contribution in [2.45, 2.75) is 6.54 Å². The van der Waals surface area contributed by atoms with Crippen LogP contribution in [0.2, 0.25) is 0 Å². The molecule has 8 heteroatoms. The van der Waals surface area contributed by atoms with Crippen molar-refractivity contribution in [3.05, 3.63) is 82.9 Å². The minimum Gasteiger partial charge on any atom is -0.476 e. The molecule has 0 amide bonds. The van der Waals surface area contributed by atoms with Gasteiger partial charge in [0.15, 0.2) is 0 Å². The van der Waals surface area contributed by atoms with Crippen LogP contribution in [0.5, 0.6) is 5.88 Å². The van der Waals surface area contributed by atoms with E-state index in [2.05, 4.69) is 50.9 Å². The van der Waals surface area contributed by atoms with E-state index in [9.17, 15) is 4.79 Å². The fourth-order valence-electron chi connectivity index (χ4n) is 4.65. The highest BCUT2D eigenvalue weighted by Crippen LogP contribution is 2.23. The first-order valence-electron chi connectivity index (χ1n) is 13.7. The highest BCUT2D eigenvalue weighted by atomic mass is 16.5. The Balaban J connectivity index is 1.23. The van der Waals surface area contributed by atoms with Gasteiger partial charge in [0.25, 0.3) is 0 Å². The molecule has 3 aromatic rings. The van der Waals surface area contributed by atoms with Gasteiger partial charge in [-0.3, -0.25) is 9.80 Å². The van der Waals surface area contributed by atoms with Crippen LogP contribution in [-0.4, -0.2) is 93.6 Å². The summed E-state index contributed by atoms with van der Waals surface area (Å²) < 4.78 is 21.7. The Kier molecular flexibility index (Phi) is 9.77. The average molecular weight is 542 g/mol. The fourth-order valence-corrected chi connectivity index (χ4v) is 4.65. The summed E-state index contributed by atoms with van der Waals surface area (Å²) >= 11 is 0. The third kappa shape index (κ3) is 7.90. The van der Waals surface area contributed by atoms with E-state index in [0.29, 0.717) is 23.7 Å². The lowest BCUT2D eigenvalue weighted by Gasteiger charge is -2.26. The van der Waals surface area contributed by atoms with Crippen LogP contribution in [0.25, 0.3) is 11.3 Å². The van der Waals surface area contributed by atoms with Crippen LogP contribution >= 0.6 is 0 Å². The van der Waals surface area contributed by atoms with Gasteiger partial charge in [-0.05, 0) is 35.9 Å². The number of methoxy groups -OCH3 is 1. The average Bonchev–Trinajstić information content (AvgIpc) is 3.01. The van der Waals surface area contributed by atoms with Crippen molar-refractivity contribution in [1.82, 2.24) is 14.8 Å². The summed E-state index contributed by atoms with van der Waals surface area (Å²) in [6.07, 6.45) is 0. The second-order valence-electron chi connectivity index (χ2n) is 9.79. The predicted molar refractivity (Wildman–Crippen MR) is 152 cm³/mol. The highest BCUT2D eigenvalue weighted by Gasteiger charge is 2.14. The molecule has 0 N–H and O–H groups in total. The van der Waals surface area contributed by atoms with E-state index in [0.717, 1.165) is 82.4 Å². The molecule has 0 saturated carbocycles. The van der Waals surface area contributed by atoms with E-state index in [1.165, 1.54) is 12.7 Å². The highest BCUT2D eigenvalue weighted by molar-refractivity contribution is 5.91. The van der Waals surface area contributed by atoms with Gasteiger partial charge in [-0.25, -0.2) is 9.78 Å². The molecular weight excluding hydrogens is 506 g/mol. The number of hydrogen-bond acceptors (Lipinski definition) is 8. The molecule has 5 rings (SSSR count). The van der Waals surface area contributed by atoms with Crippen LogP contribution in [0, 0.1) is 11.8 Å². The van der Waals surface area contributed by atoms with E-state index < -0.39 is 5.97 Å². The molecule has 2 saturated heterocycles. The Bertz CT molecular complexity index is 1320. The first-order valence-corrected chi connectivity index (χ1v) is 13.7. The summed E-state index contributed by atoms with van der Waals surface area (Å²) in [6.45, 7) is 8.99. The third-order valence-electron chi connectivity index (χ3n) is 6.98. The lowest BCUT2D eigenvalue weighted by molar-refractivity contribution is 0.0320. The quantitative estimate of drug-likeness (QED) is 0.317. The summed E-state index contributed by atoms with van der Waals surface area (Å²) in [5.74, 6) is 6.45. The summed E-state index contributed by atoms with van der Waals surface area (Å²) in [7, 11) is 1.37.